The van der Waals surface area contributed by atoms with Crippen LogP contribution in [0.1, 0.15) is 5.56 Å². The van der Waals surface area contributed by atoms with Crippen molar-refractivity contribution in [2.45, 2.75) is 6.92 Å². The Labute approximate surface area is 95.5 Å². The van der Waals surface area contributed by atoms with E-state index < -0.39 is 0 Å². The number of hydrogen-bond acceptors (Lipinski definition) is 1. The molecule has 0 bridgehead atoms. The van der Waals surface area contributed by atoms with Crippen molar-refractivity contribution in [1.29, 1.82) is 0 Å². The maximum Gasteiger partial charge on any atom is 0 e. The van der Waals surface area contributed by atoms with Crippen LogP contribution < -0.4 is 0 Å². The Bertz CT molecular complexity index is 351. The molecule has 53 valence electrons. The van der Waals surface area contributed by atoms with Crippen molar-refractivity contribution in [3.05, 3.63) is 35.2 Å². The topological polar surface area (TPSA) is 0 Å². The van der Waals surface area contributed by atoms with Crippen LogP contribution in [0, 0.1) is 12.3 Å². The quantitative estimate of drug-likeness (QED) is 0.617. The first-order valence-electron chi connectivity index (χ1n) is 3.24. The number of thiophene rings is 1. The number of hydrogen-bond donors (Lipinski definition) is 0. The van der Waals surface area contributed by atoms with Gasteiger partial charge < -0.3 is 0 Å². The summed E-state index contributed by atoms with van der Waals surface area (Å²) in [5.41, 5.74) is 1.26. The van der Waals surface area contributed by atoms with E-state index in [0.29, 0.717) is 0 Å². The normalized spacial score (nSPS) is 9.55. The molecule has 0 nitrogen and oxygen atoms in total. The zero-order valence-electron chi connectivity index (χ0n) is 6.29. The molecular formula is C9H7SY-. The summed E-state index contributed by atoms with van der Waals surface area (Å²) >= 11 is 1.69. The van der Waals surface area contributed by atoms with E-state index in [0.717, 1.165) is 0 Å². The van der Waals surface area contributed by atoms with E-state index >= 15 is 0 Å². The summed E-state index contributed by atoms with van der Waals surface area (Å²) in [6.07, 6.45) is 0. The van der Waals surface area contributed by atoms with Gasteiger partial charge in [-0.2, -0.15) is 10.9 Å². The smallest absolute Gasteiger partial charge is 0 e. The molecule has 2 heteroatoms. The van der Waals surface area contributed by atoms with Gasteiger partial charge in [-0.05, 0) is 0 Å². The molecule has 1 heterocycles. The fourth-order valence-corrected chi connectivity index (χ4v) is 1.90. The van der Waals surface area contributed by atoms with Crippen molar-refractivity contribution in [3.8, 4) is 0 Å². The van der Waals surface area contributed by atoms with E-state index in [1.807, 2.05) is 0 Å². The van der Waals surface area contributed by atoms with Crippen LogP contribution in [0.5, 0.6) is 0 Å². The van der Waals surface area contributed by atoms with Crippen LogP contribution in [0.15, 0.2) is 24.3 Å². The minimum absolute atomic E-state index is 0. The third kappa shape index (κ3) is 1.72. The molecule has 0 aliphatic rings. The van der Waals surface area contributed by atoms with Crippen molar-refractivity contribution in [3.63, 3.8) is 0 Å². The largest absolute Gasteiger partial charge is 0.295 e. The average molecular weight is 236 g/mol. The molecule has 1 aromatic carbocycles. The zero-order valence-corrected chi connectivity index (χ0v) is 9.95. The molecule has 0 spiro atoms. The van der Waals surface area contributed by atoms with Gasteiger partial charge in [-0.15, -0.1) is 22.2 Å². The van der Waals surface area contributed by atoms with Gasteiger partial charge in [0.1, 0.15) is 0 Å². The van der Waals surface area contributed by atoms with Gasteiger partial charge in [0.2, 0.25) is 0 Å². The van der Waals surface area contributed by atoms with Crippen LogP contribution >= 0.6 is 11.3 Å². The minimum atomic E-state index is 0. The van der Waals surface area contributed by atoms with E-state index in [4.69, 9.17) is 0 Å². The zero-order chi connectivity index (χ0) is 6.97. The van der Waals surface area contributed by atoms with Gasteiger partial charge in [-0.25, -0.2) is 0 Å². The predicted molar refractivity (Wildman–Crippen MR) is 45.4 cm³/mol. The third-order valence-corrected chi connectivity index (χ3v) is 2.59. The second-order valence-electron chi connectivity index (χ2n) is 2.33. The first-order chi connectivity index (χ1) is 4.88. The third-order valence-electron chi connectivity index (χ3n) is 1.61. The Kier molecular flexibility index (Phi) is 3.23. The van der Waals surface area contributed by atoms with Gasteiger partial charge in [0.05, 0.1) is 0 Å². The van der Waals surface area contributed by atoms with Crippen LogP contribution in [0.4, 0.5) is 0 Å². The molecule has 1 radical (unpaired) electrons. The summed E-state index contributed by atoms with van der Waals surface area (Å²) in [5.74, 6) is 0. The summed E-state index contributed by atoms with van der Waals surface area (Å²) in [7, 11) is 0. The summed E-state index contributed by atoms with van der Waals surface area (Å²) in [6, 6.07) is 8.39. The number of fused-ring (bicyclic) bond motifs is 1. The molecule has 0 saturated heterocycles. The monoisotopic (exact) mass is 236 g/mol. The van der Waals surface area contributed by atoms with Crippen molar-refractivity contribution in [2.75, 3.05) is 0 Å². The summed E-state index contributed by atoms with van der Waals surface area (Å²) in [5, 5.41) is 4.56. The second-order valence-corrected chi connectivity index (χ2v) is 3.17. The molecule has 2 aromatic rings. The Balaban J connectivity index is 0.000000605. The van der Waals surface area contributed by atoms with Gasteiger partial charge in [0.15, 0.2) is 0 Å². The fraction of sp³-hybridized carbons (Fsp3) is 0.111. The minimum Gasteiger partial charge on any atom is -0.295 e. The van der Waals surface area contributed by atoms with Crippen LogP contribution in [-0.2, 0) is 32.7 Å². The van der Waals surface area contributed by atoms with Gasteiger partial charge in [-0.3, -0.25) is 11.3 Å². The standard InChI is InChI=1S/C9H7S.Y/c1-7-6-10-9-5-3-2-4-8(7)9;/h2-5H,1H3;/q-1;. The Hall–Kier alpha value is 0.284. The van der Waals surface area contributed by atoms with E-state index in [9.17, 15) is 0 Å². The van der Waals surface area contributed by atoms with Crippen molar-refractivity contribution >= 4 is 21.4 Å². The Morgan fingerprint density at radius 2 is 2.00 bits per heavy atom. The molecule has 0 aliphatic heterocycles. The molecule has 0 amide bonds. The number of aryl methyl sites for hydroxylation is 1. The van der Waals surface area contributed by atoms with Gasteiger partial charge in [0, 0.05) is 32.7 Å². The van der Waals surface area contributed by atoms with E-state index in [-0.39, 0.29) is 32.7 Å². The van der Waals surface area contributed by atoms with E-state index in [2.05, 4.69) is 36.6 Å². The van der Waals surface area contributed by atoms with Crippen LogP contribution in [-0.4, -0.2) is 0 Å². The molecule has 0 unspecified atom stereocenters. The maximum absolute atomic E-state index is 3.22. The maximum atomic E-state index is 3.22. The van der Waals surface area contributed by atoms with Gasteiger partial charge in [-0.1, -0.05) is 19.1 Å². The summed E-state index contributed by atoms with van der Waals surface area (Å²) < 4.78 is 1.33. The van der Waals surface area contributed by atoms with Gasteiger partial charge in [0.25, 0.3) is 0 Å². The predicted octanol–water partition coefficient (Wildman–Crippen LogP) is 3.01. The van der Waals surface area contributed by atoms with Crippen LogP contribution in [0.2, 0.25) is 0 Å². The number of rotatable bonds is 0. The second kappa shape index (κ2) is 3.79. The fourth-order valence-electron chi connectivity index (χ4n) is 1.05. The molecule has 1 aromatic heterocycles. The van der Waals surface area contributed by atoms with Crippen molar-refractivity contribution < 1.29 is 32.7 Å². The Morgan fingerprint density at radius 1 is 1.27 bits per heavy atom. The van der Waals surface area contributed by atoms with Gasteiger partial charge >= 0.3 is 0 Å². The molecule has 2 rings (SSSR count). The van der Waals surface area contributed by atoms with Crippen molar-refractivity contribution in [2.24, 2.45) is 0 Å². The first-order valence-corrected chi connectivity index (χ1v) is 4.05. The molecular weight excluding hydrogens is 229 g/mol. The average Bonchev–Trinajstić information content (AvgIpc) is 2.34. The first kappa shape index (κ1) is 9.37. The molecule has 0 N–H and O–H groups in total. The summed E-state index contributed by atoms with van der Waals surface area (Å²) in [6.45, 7) is 2.10. The molecule has 11 heavy (non-hydrogen) atoms. The SMILES string of the molecule is Cc1[c-]sc2ccccc12.[Y]. The van der Waals surface area contributed by atoms with Crippen LogP contribution in [0.3, 0.4) is 0 Å². The molecule has 0 atom stereocenters. The van der Waals surface area contributed by atoms with Crippen LogP contribution in [0.25, 0.3) is 10.1 Å². The Morgan fingerprint density at radius 3 is 2.73 bits per heavy atom. The van der Waals surface area contributed by atoms with E-state index in [1.165, 1.54) is 15.6 Å². The number of benzene rings is 1. The molecule has 0 aliphatic carbocycles. The summed E-state index contributed by atoms with van der Waals surface area (Å²) in [4.78, 5) is 0. The molecule has 0 saturated carbocycles. The van der Waals surface area contributed by atoms with Crippen molar-refractivity contribution in [1.82, 2.24) is 0 Å². The molecule has 0 fully saturated rings. The van der Waals surface area contributed by atoms with E-state index in [1.54, 1.807) is 11.3 Å².